The highest BCUT2D eigenvalue weighted by Crippen LogP contribution is 2.19. The molecule has 1 atom stereocenters. The predicted molar refractivity (Wildman–Crippen MR) is 65.1 cm³/mol. The maximum atomic E-state index is 6.18. The summed E-state index contributed by atoms with van der Waals surface area (Å²) in [5.41, 5.74) is 10.7. The third-order valence-electron chi connectivity index (χ3n) is 2.93. The van der Waals surface area contributed by atoms with Gasteiger partial charge in [-0.05, 0) is 31.4 Å². The van der Waals surface area contributed by atoms with Crippen molar-refractivity contribution in [1.82, 2.24) is 10.2 Å². The van der Waals surface area contributed by atoms with E-state index in [4.69, 9.17) is 5.73 Å². The van der Waals surface area contributed by atoms with Crippen LogP contribution in [0.25, 0.3) is 0 Å². The minimum absolute atomic E-state index is 0.0381. The molecular weight excluding hydrogens is 198 g/mol. The SMILES string of the molecule is Cc1n[nH]c(C)c1CC(N)c1ccccc1. The van der Waals surface area contributed by atoms with Gasteiger partial charge in [-0.15, -0.1) is 0 Å². The first-order chi connectivity index (χ1) is 7.68. The van der Waals surface area contributed by atoms with E-state index in [1.54, 1.807) is 0 Å². The van der Waals surface area contributed by atoms with Crippen molar-refractivity contribution >= 4 is 0 Å². The lowest BCUT2D eigenvalue weighted by Gasteiger charge is -2.11. The molecule has 1 aromatic carbocycles. The zero-order chi connectivity index (χ0) is 11.5. The molecule has 84 valence electrons. The summed E-state index contributed by atoms with van der Waals surface area (Å²) in [5.74, 6) is 0. The number of aryl methyl sites for hydroxylation is 2. The van der Waals surface area contributed by atoms with Crippen molar-refractivity contribution in [2.45, 2.75) is 26.3 Å². The molecule has 2 rings (SSSR count). The predicted octanol–water partition coefficient (Wildman–Crippen LogP) is 2.27. The maximum Gasteiger partial charge on any atom is 0.0626 e. The van der Waals surface area contributed by atoms with Crippen molar-refractivity contribution in [3.8, 4) is 0 Å². The van der Waals surface area contributed by atoms with E-state index in [9.17, 15) is 0 Å². The van der Waals surface area contributed by atoms with Gasteiger partial charge in [0.15, 0.2) is 0 Å². The van der Waals surface area contributed by atoms with E-state index in [0.717, 1.165) is 17.8 Å². The highest BCUT2D eigenvalue weighted by molar-refractivity contribution is 5.27. The van der Waals surface area contributed by atoms with Crippen LogP contribution < -0.4 is 5.73 Å². The van der Waals surface area contributed by atoms with Gasteiger partial charge < -0.3 is 5.73 Å². The van der Waals surface area contributed by atoms with Gasteiger partial charge in [0.05, 0.1) is 5.69 Å². The van der Waals surface area contributed by atoms with Gasteiger partial charge in [-0.25, -0.2) is 0 Å². The van der Waals surface area contributed by atoms with Crippen LogP contribution in [0.1, 0.15) is 28.6 Å². The minimum atomic E-state index is 0.0381. The summed E-state index contributed by atoms with van der Waals surface area (Å²) in [7, 11) is 0. The largest absolute Gasteiger partial charge is 0.324 e. The molecule has 0 saturated heterocycles. The fourth-order valence-electron chi connectivity index (χ4n) is 1.91. The van der Waals surface area contributed by atoms with Crippen LogP contribution in [0.3, 0.4) is 0 Å². The van der Waals surface area contributed by atoms with Gasteiger partial charge in [0.25, 0.3) is 0 Å². The Morgan fingerprint density at radius 3 is 2.50 bits per heavy atom. The summed E-state index contributed by atoms with van der Waals surface area (Å²) in [6.45, 7) is 4.05. The molecule has 0 saturated carbocycles. The average molecular weight is 215 g/mol. The lowest BCUT2D eigenvalue weighted by atomic mass is 9.99. The van der Waals surface area contributed by atoms with Crippen LogP contribution in [0.5, 0.6) is 0 Å². The summed E-state index contributed by atoms with van der Waals surface area (Å²) in [5, 5.41) is 7.17. The van der Waals surface area contributed by atoms with Gasteiger partial charge in [-0.1, -0.05) is 30.3 Å². The van der Waals surface area contributed by atoms with Gasteiger partial charge in [0.2, 0.25) is 0 Å². The zero-order valence-electron chi connectivity index (χ0n) is 9.70. The van der Waals surface area contributed by atoms with E-state index in [2.05, 4.69) is 22.3 Å². The molecule has 0 spiro atoms. The Labute approximate surface area is 95.7 Å². The zero-order valence-corrected chi connectivity index (χ0v) is 9.70. The summed E-state index contributed by atoms with van der Waals surface area (Å²) in [4.78, 5) is 0. The fourth-order valence-corrected chi connectivity index (χ4v) is 1.91. The van der Waals surface area contributed by atoms with Crippen molar-refractivity contribution in [3.63, 3.8) is 0 Å². The highest BCUT2D eigenvalue weighted by atomic mass is 15.1. The quantitative estimate of drug-likeness (QED) is 0.825. The molecule has 2 aromatic rings. The van der Waals surface area contributed by atoms with Gasteiger partial charge in [0, 0.05) is 11.7 Å². The van der Waals surface area contributed by atoms with Crippen LogP contribution in [-0.2, 0) is 6.42 Å². The van der Waals surface area contributed by atoms with E-state index in [0.29, 0.717) is 0 Å². The van der Waals surface area contributed by atoms with E-state index in [-0.39, 0.29) is 6.04 Å². The first-order valence-corrected chi connectivity index (χ1v) is 5.49. The molecule has 3 N–H and O–H groups in total. The van der Waals surface area contributed by atoms with Crippen LogP contribution in [0, 0.1) is 13.8 Å². The smallest absolute Gasteiger partial charge is 0.0626 e. The molecule has 0 aliphatic rings. The lowest BCUT2D eigenvalue weighted by Crippen LogP contribution is -2.13. The van der Waals surface area contributed by atoms with Crippen LogP contribution in [-0.4, -0.2) is 10.2 Å². The molecule has 1 unspecified atom stereocenters. The molecular formula is C13H17N3. The summed E-state index contributed by atoms with van der Waals surface area (Å²) in [6.07, 6.45) is 0.832. The second kappa shape index (κ2) is 4.49. The van der Waals surface area contributed by atoms with Crippen LogP contribution in [0.2, 0.25) is 0 Å². The fraction of sp³-hybridized carbons (Fsp3) is 0.308. The number of aromatic amines is 1. The molecule has 0 fully saturated rings. The molecule has 3 heteroatoms. The second-order valence-corrected chi connectivity index (χ2v) is 4.13. The molecule has 1 aromatic heterocycles. The Morgan fingerprint density at radius 1 is 1.25 bits per heavy atom. The normalized spacial score (nSPS) is 12.7. The standard InChI is InChI=1S/C13H17N3/c1-9-12(10(2)16-15-9)8-13(14)11-6-4-3-5-7-11/h3-7,13H,8,14H2,1-2H3,(H,15,16). The maximum absolute atomic E-state index is 6.18. The Kier molecular flexibility index (Phi) is 3.06. The Balaban J connectivity index is 2.17. The number of nitrogens with zero attached hydrogens (tertiary/aromatic N) is 1. The molecule has 1 heterocycles. The second-order valence-electron chi connectivity index (χ2n) is 4.13. The number of nitrogens with two attached hydrogens (primary N) is 1. The van der Waals surface area contributed by atoms with Gasteiger partial charge in [0.1, 0.15) is 0 Å². The monoisotopic (exact) mass is 215 g/mol. The Hall–Kier alpha value is -1.61. The van der Waals surface area contributed by atoms with Crippen molar-refractivity contribution in [2.24, 2.45) is 5.73 Å². The molecule has 0 aliphatic carbocycles. The van der Waals surface area contributed by atoms with E-state index >= 15 is 0 Å². The molecule has 0 aliphatic heterocycles. The minimum Gasteiger partial charge on any atom is -0.324 e. The number of benzene rings is 1. The molecule has 0 amide bonds. The Bertz CT molecular complexity index is 440. The van der Waals surface area contributed by atoms with E-state index in [1.165, 1.54) is 11.1 Å². The molecule has 3 nitrogen and oxygen atoms in total. The van der Waals surface area contributed by atoms with Gasteiger partial charge >= 0.3 is 0 Å². The van der Waals surface area contributed by atoms with Crippen LogP contribution in [0.4, 0.5) is 0 Å². The molecule has 16 heavy (non-hydrogen) atoms. The van der Waals surface area contributed by atoms with Crippen LogP contribution >= 0.6 is 0 Å². The van der Waals surface area contributed by atoms with Crippen molar-refractivity contribution < 1.29 is 0 Å². The van der Waals surface area contributed by atoms with Crippen molar-refractivity contribution in [2.75, 3.05) is 0 Å². The lowest BCUT2D eigenvalue weighted by molar-refractivity contribution is 0.716. The third kappa shape index (κ3) is 2.14. The average Bonchev–Trinajstić information content (AvgIpc) is 2.62. The highest BCUT2D eigenvalue weighted by Gasteiger charge is 2.12. The first-order valence-electron chi connectivity index (χ1n) is 5.49. The first kappa shape index (κ1) is 10.9. The van der Waals surface area contributed by atoms with E-state index < -0.39 is 0 Å². The van der Waals surface area contributed by atoms with Crippen LogP contribution in [0.15, 0.2) is 30.3 Å². The number of hydrogen-bond donors (Lipinski definition) is 2. The number of hydrogen-bond acceptors (Lipinski definition) is 2. The van der Waals surface area contributed by atoms with Crippen molar-refractivity contribution in [3.05, 3.63) is 52.8 Å². The van der Waals surface area contributed by atoms with Crippen molar-refractivity contribution in [1.29, 1.82) is 0 Å². The summed E-state index contributed by atoms with van der Waals surface area (Å²) in [6, 6.07) is 10.2. The summed E-state index contributed by atoms with van der Waals surface area (Å²) >= 11 is 0. The molecule has 0 radical (unpaired) electrons. The number of aromatic nitrogens is 2. The number of H-pyrrole nitrogens is 1. The van der Waals surface area contributed by atoms with Gasteiger partial charge in [-0.2, -0.15) is 5.10 Å². The Morgan fingerprint density at radius 2 is 1.94 bits per heavy atom. The third-order valence-corrected chi connectivity index (χ3v) is 2.93. The summed E-state index contributed by atoms with van der Waals surface area (Å²) < 4.78 is 0. The van der Waals surface area contributed by atoms with E-state index in [1.807, 2.05) is 32.0 Å². The topological polar surface area (TPSA) is 54.7 Å². The van der Waals surface area contributed by atoms with Gasteiger partial charge in [-0.3, -0.25) is 5.10 Å². The number of rotatable bonds is 3. The molecule has 0 bridgehead atoms. The number of nitrogens with one attached hydrogen (secondary N) is 1.